The lowest BCUT2D eigenvalue weighted by Gasteiger charge is -2.17. The molecule has 0 saturated carbocycles. The number of benzene rings is 2. The van der Waals surface area contributed by atoms with Crippen molar-refractivity contribution in [2.45, 2.75) is 17.4 Å². The summed E-state index contributed by atoms with van der Waals surface area (Å²) in [6, 6.07) is 22.6. The van der Waals surface area contributed by atoms with Crippen LogP contribution in [0.1, 0.15) is 21.9 Å². The molecule has 124 valence electrons. The zero-order chi connectivity index (χ0) is 17.1. The van der Waals surface area contributed by atoms with Gasteiger partial charge in [0.15, 0.2) is 0 Å². The molecule has 1 N–H and O–H groups in total. The van der Waals surface area contributed by atoms with Crippen molar-refractivity contribution in [1.29, 1.82) is 0 Å². The number of hydrogen-bond donors (Lipinski definition) is 1. The summed E-state index contributed by atoms with van der Waals surface area (Å²) >= 11 is 1.57. The highest BCUT2D eigenvalue weighted by Crippen LogP contribution is 2.41. The molecule has 4 rings (SSSR count). The fourth-order valence-corrected chi connectivity index (χ4v) is 3.85. The summed E-state index contributed by atoms with van der Waals surface area (Å²) in [6.07, 6.45) is 1.84. The number of nitrogens with one attached hydrogen (secondary N) is 1. The Morgan fingerprint density at radius 3 is 2.48 bits per heavy atom. The molecule has 0 radical (unpaired) electrons. The molecule has 0 amide bonds. The van der Waals surface area contributed by atoms with E-state index in [9.17, 15) is 0 Å². The maximum Gasteiger partial charge on any atom is 0.277 e. The molecule has 2 heterocycles. The SMILES string of the molecule is Cc1ccccc1[C@H](Sc1nnc(-c2ccc[nH]2)o1)c1ccccc1. The normalized spacial score (nSPS) is 12.2. The van der Waals surface area contributed by atoms with Crippen LogP contribution in [0.4, 0.5) is 0 Å². The van der Waals surface area contributed by atoms with Gasteiger partial charge in [0.25, 0.3) is 11.1 Å². The van der Waals surface area contributed by atoms with Gasteiger partial charge < -0.3 is 9.40 Å². The first-order valence-corrected chi connectivity index (χ1v) is 8.93. The van der Waals surface area contributed by atoms with Crippen LogP contribution in [0.5, 0.6) is 0 Å². The van der Waals surface area contributed by atoms with E-state index in [1.165, 1.54) is 16.7 Å². The van der Waals surface area contributed by atoms with E-state index in [-0.39, 0.29) is 5.25 Å². The predicted octanol–water partition coefficient (Wildman–Crippen LogP) is 5.25. The van der Waals surface area contributed by atoms with Crippen LogP contribution >= 0.6 is 11.8 Å². The lowest BCUT2D eigenvalue weighted by molar-refractivity contribution is 0.464. The second-order valence-electron chi connectivity index (χ2n) is 5.72. The van der Waals surface area contributed by atoms with Crippen LogP contribution in [-0.4, -0.2) is 15.2 Å². The van der Waals surface area contributed by atoms with Gasteiger partial charge in [-0.1, -0.05) is 66.4 Å². The summed E-state index contributed by atoms with van der Waals surface area (Å²) in [7, 11) is 0. The Kier molecular flexibility index (Phi) is 4.39. The number of H-pyrrole nitrogens is 1. The molecule has 5 heteroatoms. The first kappa shape index (κ1) is 15.7. The van der Waals surface area contributed by atoms with Crippen molar-refractivity contribution in [2.75, 3.05) is 0 Å². The van der Waals surface area contributed by atoms with Crippen molar-refractivity contribution >= 4 is 11.8 Å². The number of thioether (sulfide) groups is 1. The van der Waals surface area contributed by atoms with E-state index in [1.807, 2.05) is 24.4 Å². The highest BCUT2D eigenvalue weighted by Gasteiger charge is 2.21. The number of aryl methyl sites for hydroxylation is 1. The third kappa shape index (κ3) is 3.37. The molecule has 0 fully saturated rings. The number of hydrogen-bond acceptors (Lipinski definition) is 4. The van der Waals surface area contributed by atoms with Crippen LogP contribution in [-0.2, 0) is 0 Å². The Hall–Kier alpha value is -2.79. The third-order valence-electron chi connectivity index (χ3n) is 4.03. The summed E-state index contributed by atoms with van der Waals surface area (Å²) in [4.78, 5) is 3.09. The topological polar surface area (TPSA) is 54.7 Å². The number of aromatic amines is 1. The second-order valence-corrected chi connectivity index (χ2v) is 6.78. The monoisotopic (exact) mass is 347 g/mol. The van der Waals surface area contributed by atoms with Gasteiger partial charge in [0.1, 0.15) is 5.69 Å². The molecule has 0 spiro atoms. The number of aromatic nitrogens is 3. The van der Waals surface area contributed by atoms with Gasteiger partial charge in [-0.3, -0.25) is 0 Å². The summed E-state index contributed by atoms with van der Waals surface area (Å²) < 4.78 is 5.85. The van der Waals surface area contributed by atoms with Gasteiger partial charge in [-0.15, -0.1) is 10.2 Å². The average molecular weight is 347 g/mol. The van der Waals surface area contributed by atoms with Gasteiger partial charge in [0.05, 0.1) is 5.25 Å². The van der Waals surface area contributed by atoms with Crippen LogP contribution in [0.3, 0.4) is 0 Å². The zero-order valence-electron chi connectivity index (χ0n) is 13.7. The van der Waals surface area contributed by atoms with Crippen LogP contribution in [0.25, 0.3) is 11.6 Å². The molecule has 2 aromatic carbocycles. The summed E-state index contributed by atoms with van der Waals surface area (Å²) in [5.41, 5.74) is 4.53. The van der Waals surface area contributed by atoms with Crippen molar-refractivity contribution in [3.05, 3.63) is 89.6 Å². The Bertz CT molecular complexity index is 948. The Balaban J connectivity index is 1.69. The predicted molar refractivity (Wildman–Crippen MR) is 99.4 cm³/mol. The average Bonchev–Trinajstić information content (AvgIpc) is 3.33. The standard InChI is InChI=1S/C20H17N3OS/c1-14-8-5-6-11-16(14)18(15-9-3-2-4-10-15)25-20-23-22-19(24-20)17-12-7-13-21-17/h2-13,18,21H,1H3/t18-/m1/s1. The molecule has 0 saturated heterocycles. The molecule has 25 heavy (non-hydrogen) atoms. The Morgan fingerprint density at radius 1 is 0.920 bits per heavy atom. The van der Waals surface area contributed by atoms with E-state index in [0.717, 1.165) is 5.69 Å². The van der Waals surface area contributed by atoms with E-state index < -0.39 is 0 Å². The molecule has 4 aromatic rings. The van der Waals surface area contributed by atoms with Crippen molar-refractivity contribution in [1.82, 2.24) is 15.2 Å². The molecule has 0 unspecified atom stereocenters. The Labute approximate surface area is 150 Å². The fraction of sp³-hybridized carbons (Fsp3) is 0.100. The van der Waals surface area contributed by atoms with Crippen molar-refractivity contribution < 1.29 is 4.42 Å². The van der Waals surface area contributed by atoms with Crippen molar-refractivity contribution in [3.8, 4) is 11.6 Å². The minimum Gasteiger partial charge on any atom is -0.410 e. The molecule has 4 nitrogen and oxygen atoms in total. The van der Waals surface area contributed by atoms with Crippen molar-refractivity contribution in [3.63, 3.8) is 0 Å². The number of rotatable bonds is 5. The third-order valence-corrected chi connectivity index (χ3v) is 5.16. The molecular formula is C20H17N3OS. The summed E-state index contributed by atoms with van der Waals surface area (Å²) in [6.45, 7) is 2.13. The fourth-order valence-electron chi connectivity index (χ4n) is 2.75. The molecule has 2 aromatic heterocycles. The lowest BCUT2D eigenvalue weighted by atomic mass is 10.0. The zero-order valence-corrected chi connectivity index (χ0v) is 14.5. The van der Waals surface area contributed by atoms with Gasteiger partial charge in [-0.25, -0.2) is 0 Å². The van der Waals surface area contributed by atoms with Gasteiger partial charge in [-0.05, 0) is 35.7 Å². The largest absolute Gasteiger partial charge is 0.410 e. The quantitative estimate of drug-likeness (QED) is 0.501. The molecule has 0 bridgehead atoms. The molecular weight excluding hydrogens is 330 g/mol. The lowest BCUT2D eigenvalue weighted by Crippen LogP contribution is -1.99. The van der Waals surface area contributed by atoms with E-state index in [4.69, 9.17) is 4.42 Å². The molecule has 1 atom stereocenters. The maximum atomic E-state index is 5.85. The van der Waals surface area contributed by atoms with Crippen LogP contribution < -0.4 is 0 Å². The van der Waals surface area contributed by atoms with E-state index in [2.05, 4.69) is 70.6 Å². The molecule has 0 aliphatic heterocycles. The number of nitrogens with zero attached hydrogens (tertiary/aromatic N) is 2. The van der Waals surface area contributed by atoms with Gasteiger partial charge >= 0.3 is 0 Å². The minimum absolute atomic E-state index is 0.0966. The Morgan fingerprint density at radius 2 is 1.72 bits per heavy atom. The van der Waals surface area contributed by atoms with Crippen LogP contribution in [0, 0.1) is 6.92 Å². The van der Waals surface area contributed by atoms with E-state index in [1.54, 1.807) is 11.8 Å². The highest BCUT2D eigenvalue weighted by atomic mass is 32.2. The molecule has 0 aliphatic rings. The first-order valence-electron chi connectivity index (χ1n) is 8.05. The van der Waals surface area contributed by atoms with Gasteiger partial charge in [-0.2, -0.15) is 0 Å². The van der Waals surface area contributed by atoms with E-state index in [0.29, 0.717) is 11.1 Å². The second kappa shape index (κ2) is 6.99. The van der Waals surface area contributed by atoms with Crippen LogP contribution in [0.2, 0.25) is 0 Å². The minimum atomic E-state index is 0.0966. The smallest absolute Gasteiger partial charge is 0.277 e. The van der Waals surface area contributed by atoms with Gasteiger partial charge in [0, 0.05) is 6.20 Å². The summed E-state index contributed by atoms with van der Waals surface area (Å²) in [5.74, 6) is 0.504. The highest BCUT2D eigenvalue weighted by molar-refractivity contribution is 7.99. The summed E-state index contributed by atoms with van der Waals surface area (Å²) in [5, 5.41) is 9.03. The van der Waals surface area contributed by atoms with Crippen molar-refractivity contribution in [2.24, 2.45) is 0 Å². The van der Waals surface area contributed by atoms with E-state index >= 15 is 0 Å². The first-order chi connectivity index (χ1) is 12.3. The molecule has 0 aliphatic carbocycles. The van der Waals surface area contributed by atoms with Gasteiger partial charge in [0.2, 0.25) is 0 Å². The van der Waals surface area contributed by atoms with Crippen LogP contribution in [0.15, 0.2) is 82.6 Å². The maximum absolute atomic E-state index is 5.85.